The Bertz CT molecular complexity index is 795. The number of fused-ring (bicyclic) bond motifs is 1. The van der Waals surface area contributed by atoms with E-state index in [9.17, 15) is 33.2 Å². The van der Waals surface area contributed by atoms with Crippen LogP contribution >= 0.6 is 0 Å². The van der Waals surface area contributed by atoms with Gasteiger partial charge >= 0.3 is 6.18 Å². The van der Waals surface area contributed by atoms with Crippen molar-refractivity contribution in [1.82, 2.24) is 5.01 Å². The molecule has 0 saturated heterocycles. The number of nitro benzene ring substituents is 1. The van der Waals surface area contributed by atoms with E-state index in [-0.39, 0.29) is 28.6 Å². The Morgan fingerprint density at radius 2 is 2.12 bits per heavy atom. The first kappa shape index (κ1) is 18.3. The number of hydrazone groups is 1. The Labute approximate surface area is 146 Å². The molecule has 1 heterocycles. The number of rotatable bonds is 2. The van der Waals surface area contributed by atoms with Gasteiger partial charge in [0, 0.05) is 23.4 Å². The van der Waals surface area contributed by atoms with E-state index in [1.807, 2.05) is 0 Å². The maximum absolute atomic E-state index is 13.8. The first-order valence-corrected chi connectivity index (χ1v) is 8.04. The summed E-state index contributed by atoms with van der Waals surface area (Å²) in [7, 11) is 0. The van der Waals surface area contributed by atoms with Gasteiger partial charge in [-0.2, -0.15) is 23.3 Å². The van der Waals surface area contributed by atoms with Crippen LogP contribution in [-0.4, -0.2) is 38.6 Å². The van der Waals surface area contributed by atoms with Crippen LogP contribution in [-0.2, 0) is 0 Å². The molecule has 0 unspecified atom stereocenters. The predicted octanol–water partition coefficient (Wildman–Crippen LogP) is 3.09. The Morgan fingerprint density at radius 1 is 1.42 bits per heavy atom. The van der Waals surface area contributed by atoms with E-state index in [1.54, 1.807) is 6.92 Å². The van der Waals surface area contributed by atoms with Gasteiger partial charge in [-0.3, -0.25) is 14.9 Å². The lowest BCUT2D eigenvalue weighted by Crippen LogP contribution is -2.61. The maximum Gasteiger partial charge on any atom is 0.439 e. The highest BCUT2D eigenvalue weighted by Gasteiger charge is 2.69. The van der Waals surface area contributed by atoms with Crippen molar-refractivity contribution < 1.29 is 28.0 Å². The van der Waals surface area contributed by atoms with Gasteiger partial charge in [0.1, 0.15) is 0 Å². The summed E-state index contributed by atoms with van der Waals surface area (Å²) in [5.41, 5.74) is -4.12. The normalized spacial score (nSPS) is 28.5. The van der Waals surface area contributed by atoms with Crippen molar-refractivity contribution in [3.8, 4) is 0 Å². The van der Waals surface area contributed by atoms with Crippen LogP contribution in [0.2, 0.25) is 0 Å². The smallest absolute Gasteiger partial charge is 0.362 e. The number of carbonyl (C=O) groups is 1. The van der Waals surface area contributed by atoms with Crippen molar-refractivity contribution in [3.05, 3.63) is 39.9 Å². The molecule has 1 aliphatic heterocycles. The van der Waals surface area contributed by atoms with Crippen molar-refractivity contribution in [1.29, 1.82) is 0 Å². The number of nitrogens with zero attached hydrogens (tertiary/aromatic N) is 3. The van der Waals surface area contributed by atoms with Gasteiger partial charge in [-0.15, -0.1) is 0 Å². The topological polar surface area (TPSA) is 96.0 Å². The lowest BCUT2D eigenvalue weighted by atomic mass is 9.75. The third-order valence-corrected chi connectivity index (χ3v) is 4.93. The molecule has 10 heteroatoms. The lowest BCUT2D eigenvalue weighted by molar-refractivity contribution is -0.384. The molecule has 1 fully saturated rings. The SMILES string of the molecule is C[C@@H]1CCC[C@H]2C1=NN(C(=O)c1cccc([N+](=O)[O-])c1)[C@]2(O)C(F)(F)F. The molecule has 0 radical (unpaired) electrons. The van der Waals surface area contributed by atoms with Crippen LogP contribution in [0.25, 0.3) is 0 Å². The van der Waals surface area contributed by atoms with Crippen molar-refractivity contribution >= 4 is 17.3 Å². The molecular formula is C16H16F3N3O4. The molecule has 3 atom stereocenters. The quantitative estimate of drug-likeness (QED) is 0.638. The van der Waals surface area contributed by atoms with Crippen LogP contribution in [0.5, 0.6) is 0 Å². The second-order valence-electron chi connectivity index (χ2n) is 6.56. The fourth-order valence-corrected chi connectivity index (χ4v) is 3.58. The standard InChI is InChI=1S/C16H16F3N3O4/c1-9-4-2-7-12-13(9)20-21(15(12,24)16(17,18)19)14(23)10-5-3-6-11(8-10)22(25)26/h3,5-6,8-9,12,24H,2,4,7H2,1H3/t9-,12+,15-/m1/s1. The van der Waals surface area contributed by atoms with Crippen LogP contribution in [0.4, 0.5) is 18.9 Å². The molecular weight excluding hydrogens is 355 g/mol. The molecule has 0 bridgehead atoms. The minimum atomic E-state index is -5.13. The van der Waals surface area contributed by atoms with Crippen LogP contribution in [0.3, 0.4) is 0 Å². The molecule has 140 valence electrons. The van der Waals surface area contributed by atoms with Crippen LogP contribution in [0.15, 0.2) is 29.4 Å². The van der Waals surface area contributed by atoms with E-state index in [1.165, 1.54) is 6.07 Å². The van der Waals surface area contributed by atoms with Crippen LogP contribution < -0.4 is 0 Å². The fraction of sp³-hybridized carbons (Fsp3) is 0.500. The second-order valence-corrected chi connectivity index (χ2v) is 6.56. The highest BCUT2D eigenvalue weighted by atomic mass is 19.4. The molecule has 1 aromatic rings. The molecule has 3 rings (SSSR count). The third kappa shape index (κ3) is 2.64. The van der Waals surface area contributed by atoms with E-state index >= 15 is 0 Å². The monoisotopic (exact) mass is 371 g/mol. The van der Waals surface area contributed by atoms with Gasteiger partial charge in [0.2, 0.25) is 0 Å². The molecule has 1 aliphatic carbocycles. The molecule has 1 amide bonds. The van der Waals surface area contributed by atoms with Gasteiger partial charge in [-0.05, 0) is 24.8 Å². The summed E-state index contributed by atoms with van der Waals surface area (Å²) in [6, 6.07) is 4.32. The first-order valence-electron chi connectivity index (χ1n) is 8.04. The van der Waals surface area contributed by atoms with Crippen LogP contribution in [0.1, 0.15) is 36.5 Å². The van der Waals surface area contributed by atoms with Gasteiger partial charge in [0.15, 0.2) is 0 Å². The van der Waals surface area contributed by atoms with Crippen molar-refractivity contribution in [3.63, 3.8) is 0 Å². The Morgan fingerprint density at radius 3 is 2.73 bits per heavy atom. The number of non-ortho nitro benzene ring substituents is 1. The Hall–Kier alpha value is -2.49. The number of carbonyl (C=O) groups excluding carboxylic acids is 1. The van der Waals surface area contributed by atoms with Gasteiger partial charge in [-0.1, -0.05) is 19.4 Å². The maximum atomic E-state index is 13.8. The molecule has 7 nitrogen and oxygen atoms in total. The summed E-state index contributed by atoms with van der Waals surface area (Å²) >= 11 is 0. The number of hydrogen-bond donors (Lipinski definition) is 1. The van der Waals surface area contributed by atoms with Crippen molar-refractivity contribution in [2.24, 2.45) is 16.9 Å². The number of amides is 1. The average Bonchev–Trinajstić information content (AvgIpc) is 2.90. The van der Waals surface area contributed by atoms with Gasteiger partial charge in [-0.25, -0.2) is 0 Å². The summed E-state index contributed by atoms with van der Waals surface area (Å²) in [6.07, 6.45) is -3.99. The fourth-order valence-electron chi connectivity index (χ4n) is 3.58. The van der Waals surface area contributed by atoms with Gasteiger partial charge in [0.25, 0.3) is 17.3 Å². The number of alkyl halides is 3. The average molecular weight is 371 g/mol. The van der Waals surface area contributed by atoms with E-state index in [0.717, 1.165) is 18.2 Å². The minimum Gasteiger partial charge on any atom is -0.362 e. The third-order valence-electron chi connectivity index (χ3n) is 4.93. The number of benzene rings is 1. The molecule has 1 aromatic carbocycles. The summed E-state index contributed by atoms with van der Waals surface area (Å²) in [5.74, 6) is -2.87. The molecule has 0 aromatic heterocycles. The highest BCUT2D eigenvalue weighted by molar-refractivity contribution is 6.00. The lowest BCUT2D eigenvalue weighted by Gasteiger charge is -2.39. The summed E-state index contributed by atoms with van der Waals surface area (Å²) in [6.45, 7) is 1.70. The van der Waals surface area contributed by atoms with E-state index in [0.29, 0.717) is 12.8 Å². The van der Waals surface area contributed by atoms with Crippen molar-refractivity contribution in [2.45, 2.75) is 38.1 Å². The Balaban J connectivity index is 2.07. The summed E-state index contributed by atoms with van der Waals surface area (Å²) in [5, 5.41) is 25.3. The molecule has 26 heavy (non-hydrogen) atoms. The summed E-state index contributed by atoms with van der Waals surface area (Å²) in [4.78, 5) is 22.8. The van der Waals surface area contributed by atoms with Crippen molar-refractivity contribution in [2.75, 3.05) is 0 Å². The zero-order valence-electron chi connectivity index (χ0n) is 13.7. The predicted molar refractivity (Wildman–Crippen MR) is 84.2 cm³/mol. The van der Waals surface area contributed by atoms with Crippen LogP contribution in [0, 0.1) is 22.0 Å². The largest absolute Gasteiger partial charge is 0.439 e. The van der Waals surface area contributed by atoms with Gasteiger partial charge in [0.05, 0.1) is 10.8 Å². The molecule has 1 saturated carbocycles. The number of aliphatic hydroxyl groups is 1. The zero-order chi connectivity index (χ0) is 19.3. The zero-order valence-corrected chi connectivity index (χ0v) is 13.7. The molecule has 0 spiro atoms. The number of halogens is 3. The molecule has 1 N–H and O–H groups in total. The molecule has 2 aliphatic rings. The highest BCUT2D eigenvalue weighted by Crippen LogP contribution is 2.49. The second kappa shape index (κ2) is 6.04. The summed E-state index contributed by atoms with van der Waals surface area (Å²) < 4.78 is 41.3. The number of nitro groups is 1. The number of hydrogen-bond acceptors (Lipinski definition) is 5. The van der Waals surface area contributed by atoms with E-state index in [2.05, 4.69) is 5.10 Å². The van der Waals surface area contributed by atoms with E-state index in [4.69, 9.17) is 0 Å². The van der Waals surface area contributed by atoms with Gasteiger partial charge < -0.3 is 5.11 Å². The first-order chi connectivity index (χ1) is 12.1. The minimum absolute atomic E-state index is 0.0495. The van der Waals surface area contributed by atoms with E-state index < -0.39 is 34.3 Å². The Kier molecular flexibility index (Phi) is 4.26.